The van der Waals surface area contributed by atoms with Gasteiger partial charge in [-0.3, -0.25) is 10.1 Å². The highest BCUT2D eigenvalue weighted by molar-refractivity contribution is 6.04. The number of carbonyl (C=O) groups is 1. The molecule has 1 atom stereocenters. The molecule has 0 bridgehead atoms. The number of ether oxygens (including phenoxy) is 2. The summed E-state index contributed by atoms with van der Waals surface area (Å²) in [6.45, 7) is 12.5. The van der Waals surface area contributed by atoms with Gasteiger partial charge >= 0.3 is 0 Å². The first-order chi connectivity index (χ1) is 13.0. The van der Waals surface area contributed by atoms with E-state index in [2.05, 4.69) is 31.1 Å². The second-order valence-corrected chi connectivity index (χ2v) is 6.67. The van der Waals surface area contributed by atoms with E-state index in [9.17, 15) is 4.79 Å². The van der Waals surface area contributed by atoms with E-state index in [0.717, 1.165) is 38.9 Å². The summed E-state index contributed by atoms with van der Waals surface area (Å²) in [6.07, 6.45) is 2.93. The van der Waals surface area contributed by atoms with Crippen molar-refractivity contribution in [2.24, 2.45) is 4.99 Å². The lowest BCUT2D eigenvalue weighted by Gasteiger charge is -2.16. The molecule has 0 unspecified atom stereocenters. The van der Waals surface area contributed by atoms with Crippen molar-refractivity contribution in [2.45, 2.75) is 53.0 Å². The molecule has 0 spiro atoms. The van der Waals surface area contributed by atoms with E-state index >= 15 is 0 Å². The average molecular weight is 379 g/mol. The lowest BCUT2D eigenvalue weighted by Crippen LogP contribution is -3.11. The number of benzene rings is 1. The minimum atomic E-state index is -0.247. The minimum Gasteiger partial charge on any atom is -0.497 e. The molecule has 152 valence electrons. The Morgan fingerprint density at radius 3 is 2.63 bits per heavy atom. The van der Waals surface area contributed by atoms with Crippen LogP contribution in [0.2, 0.25) is 0 Å². The van der Waals surface area contributed by atoms with Crippen LogP contribution in [0.25, 0.3) is 0 Å². The fraction of sp³-hybridized carbons (Fsp3) is 0.619. The van der Waals surface area contributed by atoms with Gasteiger partial charge in [0.25, 0.3) is 11.9 Å². The number of hydrogen-bond donors (Lipinski definition) is 2. The summed E-state index contributed by atoms with van der Waals surface area (Å²) in [5.74, 6) is 0.395. The van der Waals surface area contributed by atoms with Crippen LogP contribution in [0, 0.1) is 0 Å². The molecular formula is C21H36N3O3+. The maximum absolute atomic E-state index is 12.5. The summed E-state index contributed by atoms with van der Waals surface area (Å²) >= 11 is 0. The Balaban J connectivity index is 2.69. The maximum Gasteiger partial charge on any atom is 0.291 e. The normalized spacial score (nSPS) is 12.7. The SMILES string of the molecule is CCCOC(=N[C@H](C)CCC[NH+](CC)CC)NC(=O)c1cccc(OC)c1. The van der Waals surface area contributed by atoms with E-state index in [-0.39, 0.29) is 11.9 Å². The molecule has 0 aromatic heterocycles. The molecule has 0 heterocycles. The average Bonchev–Trinajstić information content (AvgIpc) is 2.69. The van der Waals surface area contributed by atoms with E-state index in [1.165, 1.54) is 0 Å². The summed E-state index contributed by atoms with van der Waals surface area (Å²) in [5.41, 5.74) is 0.514. The molecule has 1 aromatic carbocycles. The maximum atomic E-state index is 12.5. The van der Waals surface area contributed by atoms with Crippen LogP contribution in [-0.2, 0) is 4.74 Å². The van der Waals surface area contributed by atoms with Crippen LogP contribution >= 0.6 is 0 Å². The second kappa shape index (κ2) is 13.1. The Morgan fingerprint density at radius 2 is 2.00 bits per heavy atom. The third-order valence-electron chi connectivity index (χ3n) is 4.49. The second-order valence-electron chi connectivity index (χ2n) is 6.67. The Kier molecular flexibility index (Phi) is 11.2. The van der Waals surface area contributed by atoms with Crippen LogP contribution in [0.1, 0.15) is 57.3 Å². The van der Waals surface area contributed by atoms with E-state index in [4.69, 9.17) is 9.47 Å². The van der Waals surface area contributed by atoms with Gasteiger partial charge in [-0.05, 0) is 58.2 Å². The first-order valence-corrected chi connectivity index (χ1v) is 10.0. The molecule has 0 aliphatic heterocycles. The zero-order valence-corrected chi connectivity index (χ0v) is 17.5. The van der Waals surface area contributed by atoms with Crippen LogP contribution in [0.5, 0.6) is 5.75 Å². The number of quaternary nitrogens is 1. The van der Waals surface area contributed by atoms with Crippen LogP contribution in [0.15, 0.2) is 29.3 Å². The van der Waals surface area contributed by atoms with Gasteiger partial charge in [0.1, 0.15) is 5.75 Å². The highest BCUT2D eigenvalue weighted by atomic mass is 16.5. The van der Waals surface area contributed by atoms with Crippen molar-refractivity contribution < 1.29 is 19.2 Å². The Morgan fingerprint density at radius 1 is 1.26 bits per heavy atom. The molecule has 6 nitrogen and oxygen atoms in total. The molecule has 0 fully saturated rings. The number of nitrogens with zero attached hydrogens (tertiary/aromatic N) is 1. The van der Waals surface area contributed by atoms with E-state index in [0.29, 0.717) is 23.9 Å². The number of rotatable bonds is 11. The van der Waals surface area contributed by atoms with Crippen molar-refractivity contribution in [3.63, 3.8) is 0 Å². The van der Waals surface area contributed by atoms with E-state index in [1.807, 2.05) is 6.92 Å². The zero-order valence-electron chi connectivity index (χ0n) is 17.5. The number of amides is 1. The molecule has 27 heavy (non-hydrogen) atoms. The van der Waals surface area contributed by atoms with Gasteiger partial charge in [0, 0.05) is 5.56 Å². The van der Waals surface area contributed by atoms with Gasteiger partial charge in [-0.15, -0.1) is 0 Å². The van der Waals surface area contributed by atoms with Gasteiger partial charge in [0.2, 0.25) is 0 Å². The first kappa shape index (κ1) is 23.0. The number of nitrogens with one attached hydrogen (secondary N) is 2. The van der Waals surface area contributed by atoms with Gasteiger partial charge in [0.15, 0.2) is 0 Å². The highest BCUT2D eigenvalue weighted by Gasteiger charge is 2.13. The number of methoxy groups -OCH3 is 1. The number of carbonyl (C=O) groups excluding carboxylic acids is 1. The van der Waals surface area contributed by atoms with Crippen molar-refractivity contribution >= 4 is 11.9 Å². The Bertz CT molecular complexity index is 586. The van der Waals surface area contributed by atoms with Gasteiger partial charge < -0.3 is 14.4 Å². The van der Waals surface area contributed by atoms with Gasteiger partial charge in [-0.25, -0.2) is 4.99 Å². The van der Waals surface area contributed by atoms with Gasteiger partial charge in [0.05, 0.1) is 39.4 Å². The smallest absolute Gasteiger partial charge is 0.291 e. The Labute approximate surface area is 163 Å². The van der Waals surface area contributed by atoms with Gasteiger partial charge in [-0.2, -0.15) is 0 Å². The van der Waals surface area contributed by atoms with Crippen LogP contribution < -0.4 is 15.0 Å². The first-order valence-electron chi connectivity index (χ1n) is 10.0. The molecule has 0 saturated carbocycles. The summed E-state index contributed by atoms with van der Waals surface area (Å²) < 4.78 is 10.8. The van der Waals surface area contributed by atoms with Crippen molar-refractivity contribution in [1.82, 2.24) is 5.32 Å². The molecule has 6 heteroatoms. The van der Waals surface area contributed by atoms with E-state index in [1.54, 1.807) is 36.3 Å². The monoisotopic (exact) mass is 378 g/mol. The molecule has 1 rings (SSSR count). The number of amidine groups is 1. The summed E-state index contributed by atoms with van der Waals surface area (Å²) in [5, 5.41) is 2.80. The summed E-state index contributed by atoms with van der Waals surface area (Å²) in [7, 11) is 1.58. The third kappa shape index (κ3) is 8.91. The fourth-order valence-corrected chi connectivity index (χ4v) is 2.75. The van der Waals surface area contributed by atoms with Crippen LogP contribution in [0.4, 0.5) is 0 Å². The van der Waals surface area contributed by atoms with E-state index < -0.39 is 0 Å². The summed E-state index contributed by atoms with van der Waals surface area (Å²) in [6, 6.07) is 7.42. The topological polar surface area (TPSA) is 64.4 Å². The minimum absolute atomic E-state index is 0.0948. The van der Waals surface area contributed by atoms with Crippen molar-refractivity contribution in [3.8, 4) is 5.75 Å². The van der Waals surface area contributed by atoms with Crippen LogP contribution in [-0.4, -0.2) is 51.3 Å². The molecule has 2 N–H and O–H groups in total. The standard InChI is InChI=1S/C21H35N3O3/c1-6-15-27-21(22-17(4)11-10-14-24(7-2)8-3)23-20(25)18-12-9-13-19(16-18)26-5/h9,12-13,16-17H,6-8,10-11,14-15H2,1-5H3,(H,22,23,25)/p+1/t17-/m1/s1. The highest BCUT2D eigenvalue weighted by Crippen LogP contribution is 2.12. The molecule has 0 saturated heterocycles. The van der Waals surface area contributed by atoms with Crippen molar-refractivity contribution in [1.29, 1.82) is 0 Å². The molecular weight excluding hydrogens is 342 g/mol. The predicted molar refractivity (Wildman–Crippen MR) is 110 cm³/mol. The molecule has 1 aromatic rings. The molecule has 1 amide bonds. The number of hydrogen-bond acceptors (Lipinski definition) is 4. The summed E-state index contributed by atoms with van der Waals surface area (Å²) in [4.78, 5) is 18.7. The predicted octanol–water partition coefficient (Wildman–Crippen LogP) is 2.30. The van der Waals surface area contributed by atoms with Crippen LogP contribution in [0.3, 0.4) is 0 Å². The van der Waals surface area contributed by atoms with Crippen molar-refractivity contribution in [3.05, 3.63) is 29.8 Å². The largest absolute Gasteiger partial charge is 0.497 e. The molecule has 0 aliphatic carbocycles. The lowest BCUT2D eigenvalue weighted by atomic mass is 10.2. The quantitative estimate of drug-likeness (QED) is 0.459. The lowest BCUT2D eigenvalue weighted by molar-refractivity contribution is -0.896. The Hall–Kier alpha value is -2.08. The fourth-order valence-electron chi connectivity index (χ4n) is 2.75. The van der Waals surface area contributed by atoms with Crippen molar-refractivity contribution in [2.75, 3.05) is 33.4 Å². The molecule has 0 radical (unpaired) electrons. The zero-order chi connectivity index (χ0) is 20.1. The van der Waals surface area contributed by atoms with Gasteiger partial charge in [-0.1, -0.05) is 13.0 Å². The molecule has 0 aliphatic rings. The third-order valence-corrected chi connectivity index (χ3v) is 4.49. The number of aliphatic imine (C=N–C) groups is 1.